The smallest absolute Gasteiger partial charge is 0.187 e. The summed E-state index contributed by atoms with van der Waals surface area (Å²) < 4.78 is 48.4. The van der Waals surface area contributed by atoms with Crippen LogP contribution in [0.1, 0.15) is 120 Å². The van der Waals surface area contributed by atoms with Crippen LogP contribution in [0.25, 0.3) is 0 Å². The molecule has 15 N–H and O–H groups in total. The topological polar surface area (TPSA) is 377 Å². The van der Waals surface area contributed by atoms with Gasteiger partial charge in [0.15, 0.2) is 25.2 Å². The van der Waals surface area contributed by atoms with Crippen molar-refractivity contribution in [2.75, 3.05) is 26.4 Å². The number of fused-ring (bicyclic) bond motifs is 5. The molecule has 8 rings (SSSR count). The number of hydrogen-bond acceptors (Lipinski definition) is 23. The largest absolute Gasteiger partial charge is 0.394 e. The summed E-state index contributed by atoms with van der Waals surface area (Å²) in [6, 6.07) is 0. The lowest BCUT2D eigenvalue weighted by Crippen LogP contribution is -2.65. The Hall–Kier alpha value is -1.18. The van der Waals surface area contributed by atoms with Crippen molar-refractivity contribution in [3.8, 4) is 0 Å². The Morgan fingerprint density at radius 2 is 1.19 bits per heavy atom. The first-order valence-corrected chi connectivity index (χ1v) is 28.9. The lowest BCUT2D eigenvalue weighted by Gasteiger charge is -2.68. The summed E-state index contributed by atoms with van der Waals surface area (Å²) in [6.07, 6.45) is -23.0. The summed E-state index contributed by atoms with van der Waals surface area (Å²) in [5.41, 5.74) is -1.92. The molecule has 0 aromatic rings. The van der Waals surface area contributed by atoms with Gasteiger partial charge >= 0.3 is 0 Å². The quantitative estimate of drug-likeness (QED) is 0.0690. The summed E-state index contributed by atoms with van der Waals surface area (Å²) in [5.74, 6) is -0.404. The molecule has 0 aromatic heterocycles. The molecule has 3 saturated carbocycles. The van der Waals surface area contributed by atoms with Crippen molar-refractivity contribution < 1.29 is 114 Å². The third-order valence-corrected chi connectivity index (χ3v) is 21.5. The molecule has 4 aliphatic heterocycles. The van der Waals surface area contributed by atoms with Gasteiger partial charge in [0.05, 0.1) is 62.5 Å². The Morgan fingerprint density at radius 3 is 1.78 bits per heavy atom. The van der Waals surface area contributed by atoms with Gasteiger partial charge in [-0.05, 0) is 106 Å². The monoisotopic (exact) mass is 1140 g/mol. The normalized spacial score (nSPS) is 50.9. The van der Waals surface area contributed by atoms with Gasteiger partial charge in [0.25, 0.3) is 0 Å². The molecule has 0 unspecified atom stereocenters. The Morgan fingerprint density at radius 1 is 0.646 bits per heavy atom. The van der Waals surface area contributed by atoms with Gasteiger partial charge in [-0.15, -0.1) is 0 Å². The number of rotatable bonds is 18. The molecule has 4 aliphatic carbocycles. The van der Waals surface area contributed by atoms with Crippen molar-refractivity contribution in [3.63, 3.8) is 0 Å². The molecule has 0 amide bonds. The van der Waals surface area contributed by atoms with E-state index in [4.69, 9.17) is 37.9 Å². The van der Waals surface area contributed by atoms with Crippen molar-refractivity contribution >= 4 is 0 Å². The van der Waals surface area contributed by atoms with Crippen molar-refractivity contribution in [3.05, 3.63) is 11.6 Å². The SMILES string of the molecule is CC[C@@]12CC[C@H]([C@H](C)CC[C@@H](O[C@@H]3O[C@H](CO[C@@H]4O[C@H](CO)[C@@H](O)[C@H](O)[C@H]4O)[C@@H](O)[C@H](O)[C@H]3O[C@@H]3O[C@H](CO)[C@@H](C)[C@H](O)[C@H]3O)C(C)(C)O)[C@@]1(C)C[C@@H](O)[C@@]1(C)[C@@H]3CC[C@H](O[C@@H]4O[C@H](CO)[C@@H](O)[C@H](O)[C@H]4O)C(C)(C)C3=CC[C@H]12. The Kier molecular flexibility index (Phi) is 19.6. The third-order valence-electron chi connectivity index (χ3n) is 21.5. The van der Waals surface area contributed by atoms with E-state index in [1.165, 1.54) is 5.57 Å². The molecule has 79 heavy (non-hydrogen) atoms. The maximum absolute atomic E-state index is 12.8. The van der Waals surface area contributed by atoms with Crippen LogP contribution in [0.4, 0.5) is 0 Å². The van der Waals surface area contributed by atoms with E-state index in [-0.39, 0.29) is 40.9 Å². The second kappa shape index (κ2) is 24.3. The number of aliphatic hydroxyl groups excluding tert-OH is 14. The van der Waals surface area contributed by atoms with E-state index in [1.54, 1.807) is 20.8 Å². The fraction of sp³-hybridized carbons (Fsp3) is 0.964. The third kappa shape index (κ3) is 11.2. The van der Waals surface area contributed by atoms with E-state index in [9.17, 15) is 76.6 Å². The van der Waals surface area contributed by atoms with Crippen LogP contribution in [-0.4, -0.2) is 244 Å². The van der Waals surface area contributed by atoms with Crippen molar-refractivity contribution in [1.29, 1.82) is 0 Å². The predicted molar refractivity (Wildman–Crippen MR) is 275 cm³/mol. The molecule has 0 radical (unpaired) electrons. The standard InChI is InChI=1S/C56H96O23/c1-10-56-18-17-26(54(56,8)19-34(60)55(9)28-13-16-35(52(4,5)27(28)12-14-33(55)56)77-49-46(70)42(66)39(63)31(22-59)75-49)24(2)11-15-36(53(6,7)71)78-51-47(79-50-44(68)37(61)25(3)29(20-57)73-50)43(67)40(64)32(76-51)23-72-48-45(69)41(65)38(62)30(21-58)74-48/h12,24-26,28-51,57-71H,10-11,13-23H2,1-9H3/t24-,25-,26-,28-,29-,30-,31-,32-,33-,34-,35+,36-,37+,38-,39-,40-,41+,42+,43+,44-,45-,46-,47-,48-,49+,50+,51+,54-,55+,56+/m1/s1. The zero-order valence-electron chi connectivity index (χ0n) is 47.3. The molecule has 0 bridgehead atoms. The van der Waals surface area contributed by atoms with E-state index >= 15 is 0 Å². The number of allylic oxidation sites excluding steroid dienone is 1. The van der Waals surface area contributed by atoms with Crippen LogP contribution in [0.15, 0.2) is 11.6 Å². The van der Waals surface area contributed by atoms with Gasteiger partial charge in [-0.2, -0.15) is 0 Å². The van der Waals surface area contributed by atoms with Crippen LogP contribution in [0.2, 0.25) is 0 Å². The van der Waals surface area contributed by atoms with Crippen LogP contribution in [0.5, 0.6) is 0 Å². The highest BCUT2D eigenvalue weighted by Gasteiger charge is 2.71. The average molecular weight is 1140 g/mol. The molecule has 23 heteroatoms. The summed E-state index contributed by atoms with van der Waals surface area (Å²) in [6.45, 7) is 15.5. The molecule has 0 spiro atoms. The number of ether oxygens (including phenoxy) is 8. The zero-order valence-corrected chi connectivity index (χ0v) is 47.3. The number of aliphatic hydroxyl groups is 15. The Labute approximate surface area is 463 Å². The zero-order chi connectivity index (χ0) is 58.2. The highest BCUT2D eigenvalue weighted by molar-refractivity contribution is 5.32. The molecule has 30 atom stereocenters. The fourth-order valence-corrected chi connectivity index (χ4v) is 16.4. The lowest BCUT2D eigenvalue weighted by atomic mass is 9.37. The molecular weight excluding hydrogens is 1040 g/mol. The van der Waals surface area contributed by atoms with E-state index in [1.807, 2.05) is 0 Å². The highest BCUT2D eigenvalue weighted by Crippen LogP contribution is 2.76. The van der Waals surface area contributed by atoms with Gasteiger partial charge < -0.3 is 114 Å². The Balaban J connectivity index is 0.999. The minimum absolute atomic E-state index is 0.0195. The van der Waals surface area contributed by atoms with Gasteiger partial charge in [0.2, 0.25) is 0 Å². The Bertz CT molecular complexity index is 2040. The molecule has 23 nitrogen and oxygen atoms in total. The molecule has 0 aromatic carbocycles. The molecule has 4 saturated heterocycles. The first-order chi connectivity index (χ1) is 37.0. The fourth-order valence-electron chi connectivity index (χ4n) is 16.4. The van der Waals surface area contributed by atoms with Crippen LogP contribution in [-0.2, 0) is 37.9 Å². The number of hydrogen-bond donors (Lipinski definition) is 15. The van der Waals surface area contributed by atoms with Crippen molar-refractivity contribution in [2.24, 2.45) is 51.2 Å². The first-order valence-electron chi connectivity index (χ1n) is 28.9. The second-order valence-corrected chi connectivity index (χ2v) is 26.3. The summed E-state index contributed by atoms with van der Waals surface area (Å²) in [4.78, 5) is 0. The molecule has 8 aliphatic rings. The van der Waals surface area contributed by atoms with Gasteiger partial charge in [-0.1, -0.05) is 60.1 Å². The summed E-state index contributed by atoms with van der Waals surface area (Å²) >= 11 is 0. The maximum atomic E-state index is 12.8. The lowest BCUT2D eigenvalue weighted by molar-refractivity contribution is -0.378. The van der Waals surface area contributed by atoms with E-state index in [0.717, 1.165) is 25.7 Å². The maximum Gasteiger partial charge on any atom is 0.187 e. The van der Waals surface area contributed by atoms with Crippen molar-refractivity contribution in [2.45, 2.75) is 261 Å². The van der Waals surface area contributed by atoms with Gasteiger partial charge in [0, 0.05) is 16.7 Å². The minimum Gasteiger partial charge on any atom is -0.394 e. The van der Waals surface area contributed by atoms with Gasteiger partial charge in [-0.25, -0.2) is 0 Å². The molecule has 4 heterocycles. The van der Waals surface area contributed by atoms with Crippen LogP contribution in [0, 0.1) is 51.2 Å². The van der Waals surface area contributed by atoms with E-state index < -0.39 is 184 Å². The molecule has 7 fully saturated rings. The van der Waals surface area contributed by atoms with Gasteiger partial charge in [-0.3, -0.25) is 0 Å². The van der Waals surface area contributed by atoms with E-state index in [2.05, 4.69) is 47.6 Å². The predicted octanol–water partition coefficient (Wildman–Crippen LogP) is -1.57. The second-order valence-electron chi connectivity index (χ2n) is 26.3. The molecule has 458 valence electrons. The summed E-state index contributed by atoms with van der Waals surface area (Å²) in [5, 5.41) is 163. The van der Waals surface area contributed by atoms with E-state index in [0.29, 0.717) is 25.7 Å². The average Bonchev–Trinajstić information content (AvgIpc) is 3.73. The van der Waals surface area contributed by atoms with Crippen LogP contribution < -0.4 is 0 Å². The van der Waals surface area contributed by atoms with Crippen LogP contribution in [0.3, 0.4) is 0 Å². The van der Waals surface area contributed by atoms with Crippen molar-refractivity contribution in [1.82, 2.24) is 0 Å². The van der Waals surface area contributed by atoms with Gasteiger partial charge in [0.1, 0.15) is 79.4 Å². The first kappa shape index (κ1) is 63.8. The molecular formula is C56H96O23. The highest BCUT2D eigenvalue weighted by atomic mass is 16.8. The minimum atomic E-state index is -1.87. The van der Waals surface area contributed by atoms with Crippen LogP contribution >= 0.6 is 0 Å². The summed E-state index contributed by atoms with van der Waals surface area (Å²) in [7, 11) is 0.